The van der Waals surface area contributed by atoms with Crippen LogP contribution in [0.5, 0.6) is 5.75 Å². The molecule has 0 heterocycles. The third-order valence-corrected chi connectivity index (χ3v) is 1.76. The van der Waals surface area contributed by atoms with Crippen molar-refractivity contribution in [2.24, 2.45) is 9.63 Å². The lowest BCUT2D eigenvalue weighted by Crippen LogP contribution is -1.86. The van der Waals surface area contributed by atoms with Gasteiger partial charge in [0, 0.05) is 0 Å². The minimum atomic E-state index is -3.41. The van der Waals surface area contributed by atoms with Crippen molar-refractivity contribution in [1.82, 2.24) is 0 Å². The molecule has 6 heteroatoms. The fourth-order valence-electron chi connectivity index (χ4n) is 0.770. The highest BCUT2D eigenvalue weighted by atomic mass is 32.2. The average molecular weight is 214 g/mol. The standard InChI is InChI=1S/C8H10N2O3S/c1-13-8-5-3-7(4-6-8)9-10-14(2,11)12/h3-6H,1-2H3. The lowest BCUT2D eigenvalue weighted by Gasteiger charge is -1.97. The van der Waals surface area contributed by atoms with Gasteiger partial charge in [-0.25, -0.2) is 8.42 Å². The predicted octanol–water partition coefficient (Wildman–Crippen LogP) is 1.74. The molecule has 0 radical (unpaired) electrons. The topological polar surface area (TPSA) is 68.1 Å². The van der Waals surface area contributed by atoms with Crippen molar-refractivity contribution in [3.8, 4) is 5.75 Å². The maximum absolute atomic E-state index is 10.6. The average Bonchev–Trinajstić information content (AvgIpc) is 2.14. The highest BCUT2D eigenvalue weighted by Gasteiger charge is 1.96. The summed E-state index contributed by atoms with van der Waals surface area (Å²) in [4.78, 5) is 0. The number of hydrogen-bond acceptors (Lipinski definition) is 4. The summed E-state index contributed by atoms with van der Waals surface area (Å²) in [5.74, 6) is 0.684. The summed E-state index contributed by atoms with van der Waals surface area (Å²) in [6, 6.07) is 6.59. The Bertz CT molecular complexity index is 422. The zero-order valence-corrected chi connectivity index (χ0v) is 8.65. The summed E-state index contributed by atoms with van der Waals surface area (Å²) in [6.45, 7) is 0. The van der Waals surface area contributed by atoms with E-state index in [2.05, 4.69) is 9.63 Å². The number of benzene rings is 1. The van der Waals surface area contributed by atoms with E-state index < -0.39 is 10.0 Å². The number of rotatable bonds is 3. The van der Waals surface area contributed by atoms with Gasteiger partial charge < -0.3 is 4.74 Å². The van der Waals surface area contributed by atoms with E-state index in [-0.39, 0.29) is 0 Å². The van der Waals surface area contributed by atoms with Crippen molar-refractivity contribution in [3.05, 3.63) is 24.3 Å². The molecule has 0 aromatic heterocycles. The molecule has 76 valence electrons. The van der Waals surface area contributed by atoms with Gasteiger partial charge in [-0.3, -0.25) is 0 Å². The van der Waals surface area contributed by atoms with Crippen molar-refractivity contribution in [1.29, 1.82) is 0 Å². The lowest BCUT2D eigenvalue weighted by atomic mass is 10.3. The first-order valence-corrected chi connectivity index (χ1v) is 5.63. The van der Waals surface area contributed by atoms with E-state index in [1.165, 1.54) is 0 Å². The molecule has 1 rings (SSSR count). The molecule has 0 bridgehead atoms. The molecule has 0 aliphatic heterocycles. The first-order chi connectivity index (χ1) is 6.51. The van der Waals surface area contributed by atoms with Crippen LogP contribution in [0.4, 0.5) is 5.69 Å². The van der Waals surface area contributed by atoms with E-state index in [9.17, 15) is 8.42 Å². The summed E-state index contributed by atoms with van der Waals surface area (Å²) < 4.78 is 29.3. The second-order valence-corrected chi connectivity index (χ2v) is 4.24. The first-order valence-electron chi connectivity index (χ1n) is 3.78. The van der Waals surface area contributed by atoms with Gasteiger partial charge in [0.1, 0.15) is 5.75 Å². The molecular weight excluding hydrogens is 204 g/mol. The third-order valence-electron chi connectivity index (χ3n) is 1.38. The molecule has 14 heavy (non-hydrogen) atoms. The first kappa shape index (κ1) is 10.6. The van der Waals surface area contributed by atoms with Crippen LogP contribution >= 0.6 is 0 Å². The van der Waals surface area contributed by atoms with Crippen LogP contribution in [0.25, 0.3) is 0 Å². The molecule has 1 aromatic carbocycles. The van der Waals surface area contributed by atoms with Crippen molar-refractivity contribution >= 4 is 15.7 Å². The van der Waals surface area contributed by atoms with Crippen LogP contribution in [0, 0.1) is 0 Å². The van der Waals surface area contributed by atoms with Crippen molar-refractivity contribution < 1.29 is 13.2 Å². The third kappa shape index (κ3) is 3.53. The fourth-order valence-corrected chi connectivity index (χ4v) is 1.01. The molecule has 0 atom stereocenters. The van der Waals surface area contributed by atoms with Gasteiger partial charge in [0.25, 0.3) is 10.0 Å². The van der Waals surface area contributed by atoms with Gasteiger partial charge in [-0.1, -0.05) is 4.52 Å². The van der Waals surface area contributed by atoms with Crippen LogP contribution < -0.4 is 4.74 Å². The molecule has 0 amide bonds. The largest absolute Gasteiger partial charge is 0.497 e. The summed E-state index contributed by atoms with van der Waals surface area (Å²) >= 11 is 0. The Balaban J connectivity index is 2.84. The number of hydrogen-bond donors (Lipinski definition) is 0. The molecule has 1 aromatic rings. The Hall–Kier alpha value is -1.43. The van der Waals surface area contributed by atoms with E-state index in [1.54, 1.807) is 31.4 Å². The van der Waals surface area contributed by atoms with E-state index in [0.29, 0.717) is 11.4 Å². The smallest absolute Gasteiger partial charge is 0.267 e. The van der Waals surface area contributed by atoms with Gasteiger partial charge in [-0.05, 0) is 24.3 Å². The van der Waals surface area contributed by atoms with Gasteiger partial charge in [0.2, 0.25) is 0 Å². The van der Waals surface area contributed by atoms with Gasteiger partial charge >= 0.3 is 0 Å². The van der Waals surface area contributed by atoms with Crippen LogP contribution in [-0.4, -0.2) is 21.8 Å². The second kappa shape index (κ2) is 4.19. The van der Waals surface area contributed by atoms with Crippen LogP contribution in [-0.2, 0) is 10.0 Å². The summed E-state index contributed by atoms with van der Waals surface area (Å²) in [5, 5.41) is 3.53. The molecule has 0 N–H and O–H groups in total. The molecular formula is C8H10N2O3S. The van der Waals surface area contributed by atoms with Crippen LogP contribution in [0.3, 0.4) is 0 Å². The predicted molar refractivity (Wildman–Crippen MR) is 52.4 cm³/mol. The van der Waals surface area contributed by atoms with Crippen LogP contribution in [0.2, 0.25) is 0 Å². The Morgan fingerprint density at radius 3 is 2.21 bits per heavy atom. The van der Waals surface area contributed by atoms with Gasteiger partial charge in [0.15, 0.2) is 0 Å². The Morgan fingerprint density at radius 2 is 1.79 bits per heavy atom. The number of methoxy groups -OCH3 is 1. The maximum Gasteiger partial charge on any atom is 0.267 e. The van der Waals surface area contributed by atoms with Gasteiger partial charge in [-0.2, -0.15) is 0 Å². The molecule has 0 aliphatic carbocycles. The van der Waals surface area contributed by atoms with Crippen molar-refractivity contribution in [3.63, 3.8) is 0 Å². The summed E-state index contributed by atoms with van der Waals surface area (Å²) in [7, 11) is -1.86. The van der Waals surface area contributed by atoms with Crippen LogP contribution in [0.15, 0.2) is 33.9 Å². The molecule has 0 unspecified atom stereocenters. The van der Waals surface area contributed by atoms with E-state index in [1.807, 2.05) is 0 Å². The minimum absolute atomic E-state index is 0.469. The number of sulfonamides is 1. The highest BCUT2D eigenvalue weighted by molar-refractivity contribution is 7.89. The Kier molecular flexibility index (Phi) is 3.19. The Morgan fingerprint density at radius 1 is 1.21 bits per heavy atom. The van der Waals surface area contributed by atoms with Crippen molar-refractivity contribution in [2.45, 2.75) is 0 Å². The quantitative estimate of drug-likeness (QED) is 0.719. The Labute approximate surface area is 82.5 Å². The zero-order valence-electron chi connectivity index (χ0n) is 7.84. The lowest BCUT2D eigenvalue weighted by molar-refractivity contribution is 0.415. The monoisotopic (exact) mass is 214 g/mol. The SMILES string of the molecule is COc1ccc(N=NS(C)(=O)=O)cc1. The molecule has 0 saturated heterocycles. The molecule has 5 nitrogen and oxygen atoms in total. The molecule has 0 aliphatic rings. The summed E-state index contributed by atoms with van der Waals surface area (Å²) in [5.41, 5.74) is 0.469. The van der Waals surface area contributed by atoms with Gasteiger partial charge in [-0.15, -0.1) is 5.11 Å². The normalized spacial score (nSPS) is 11.9. The fraction of sp³-hybridized carbons (Fsp3) is 0.250. The van der Waals surface area contributed by atoms with E-state index in [4.69, 9.17) is 4.74 Å². The molecule has 0 saturated carbocycles. The van der Waals surface area contributed by atoms with Crippen molar-refractivity contribution in [2.75, 3.05) is 13.4 Å². The molecule has 0 fully saturated rings. The number of nitrogens with zero attached hydrogens (tertiary/aromatic N) is 2. The maximum atomic E-state index is 10.6. The van der Waals surface area contributed by atoms with Crippen LogP contribution in [0.1, 0.15) is 0 Å². The zero-order chi connectivity index (χ0) is 10.6. The van der Waals surface area contributed by atoms with Gasteiger partial charge in [0.05, 0.1) is 19.1 Å². The molecule has 0 spiro atoms. The van der Waals surface area contributed by atoms with E-state index >= 15 is 0 Å². The second-order valence-electron chi connectivity index (χ2n) is 2.61. The number of ether oxygens (including phenoxy) is 1. The highest BCUT2D eigenvalue weighted by Crippen LogP contribution is 2.18. The minimum Gasteiger partial charge on any atom is -0.497 e. The summed E-state index contributed by atoms with van der Waals surface area (Å²) in [6.07, 6.45) is 0.986. The van der Waals surface area contributed by atoms with E-state index in [0.717, 1.165) is 6.26 Å².